The zero-order valence-corrected chi connectivity index (χ0v) is 30.3. The third-order valence-corrected chi connectivity index (χ3v) is 9.40. The molecule has 2 atom stereocenters. The van der Waals surface area contributed by atoms with Crippen LogP contribution in [-0.4, -0.2) is 41.9 Å². The first-order valence-electron chi connectivity index (χ1n) is 19.0. The van der Waals surface area contributed by atoms with Crippen LogP contribution in [0.4, 0.5) is 0 Å². The van der Waals surface area contributed by atoms with Crippen molar-refractivity contribution in [1.29, 1.82) is 0 Å². The number of allylic oxidation sites excluding steroid dienone is 3. The lowest BCUT2D eigenvalue weighted by Gasteiger charge is -2.21. The van der Waals surface area contributed by atoms with Crippen LogP contribution in [0.2, 0.25) is 0 Å². The Morgan fingerprint density at radius 2 is 0.933 bits per heavy atom. The van der Waals surface area contributed by atoms with Gasteiger partial charge in [-0.25, -0.2) is 0 Å². The topological polar surface area (TPSA) is 104 Å². The third-order valence-electron chi connectivity index (χ3n) is 8.62. The van der Waals surface area contributed by atoms with Gasteiger partial charge in [0.2, 0.25) is 5.91 Å². The molecular formula is C38H73NO5S. The summed E-state index contributed by atoms with van der Waals surface area (Å²) < 4.78 is 32.4. The van der Waals surface area contributed by atoms with Crippen molar-refractivity contribution in [3.63, 3.8) is 0 Å². The molecule has 0 aliphatic carbocycles. The minimum Gasteiger partial charge on any atom is -0.387 e. The second-order valence-electron chi connectivity index (χ2n) is 13.2. The first-order chi connectivity index (χ1) is 21.8. The molecule has 2 unspecified atom stereocenters. The molecule has 7 heteroatoms. The van der Waals surface area contributed by atoms with Gasteiger partial charge in [0.05, 0.1) is 17.9 Å². The van der Waals surface area contributed by atoms with Gasteiger partial charge < -0.3 is 10.4 Å². The number of rotatable bonds is 34. The Morgan fingerprint density at radius 3 is 1.33 bits per heavy atom. The average Bonchev–Trinajstić information content (AvgIpc) is 3.00. The highest BCUT2D eigenvalue weighted by Gasteiger charge is 2.24. The zero-order chi connectivity index (χ0) is 33.3. The third kappa shape index (κ3) is 34.0. The molecule has 0 saturated carbocycles. The minimum absolute atomic E-state index is 0.287. The van der Waals surface area contributed by atoms with Gasteiger partial charge in [0.1, 0.15) is 0 Å². The van der Waals surface area contributed by atoms with E-state index in [0.717, 1.165) is 57.8 Å². The summed E-state index contributed by atoms with van der Waals surface area (Å²) in [7, 11) is -4.34. The fourth-order valence-electron chi connectivity index (χ4n) is 5.74. The van der Waals surface area contributed by atoms with Crippen molar-refractivity contribution < 1.29 is 22.9 Å². The van der Waals surface area contributed by atoms with E-state index in [1.54, 1.807) is 6.08 Å². The Balaban J connectivity index is 3.98. The monoisotopic (exact) mass is 656 g/mol. The number of aliphatic hydroxyl groups excluding tert-OH is 1. The second kappa shape index (κ2) is 32.7. The van der Waals surface area contributed by atoms with E-state index in [1.807, 2.05) is 6.08 Å². The number of nitrogens with one attached hydrogen (secondary N) is 1. The summed E-state index contributed by atoms with van der Waals surface area (Å²) in [5.74, 6) is -0.986. The lowest BCUT2D eigenvalue weighted by Crippen LogP contribution is -2.46. The summed E-state index contributed by atoms with van der Waals surface area (Å²) in [4.78, 5) is 12.5. The van der Waals surface area contributed by atoms with E-state index in [-0.39, 0.29) is 12.3 Å². The van der Waals surface area contributed by atoms with Crippen LogP contribution in [0, 0.1) is 0 Å². The molecule has 1 amide bonds. The van der Waals surface area contributed by atoms with E-state index in [9.17, 15) is 22.9 Å². The molecule has 0 bridgehead atoms. The summed E-state index contributed by atoms with van der Waals surface area (Å²) in [6, 6.07) is -1.06. The fraction of sp³-hybridized carbons (Fsp3) is 0.868. The number of unbranched alkanes of at least 4 members (excludes halogenated alkanes) is 24. The predicted molar refractivity (Wildman–Crippen MR) is 193 cm³/mol. The summed E-state index contributed by atoms with van der Waals surface area (Å²) in [5, 5.41) is 13.2. The van der Waals surface area contributed by atoms with Crippen molar-refractivity contribution in [2.75, 3.05) is 5.75 Å². The number of aliphatic hydroxyl groups is 1. The Kier molecular flexibility index (Phi) is 31.9. The largest absolute Gasteiger partial charge is 0.387 e. The van der Waals surface area contributed by atoms with Crippen molar-refractivity contribution in [3.05, 3.63) is 24.3 Å². The van der Waals surface area contributed by atoms with E-state index < -0.39 is 28.0 Å². The van der Waals surface area contributed by atoms with Crippen molar-refractivity contribution in [3.8, 4) is 0 Å². The van der Waals surface area contributed by atoms with E-state index >= 15 is 0 Å². The summed E-state index contributed by atoms with van der Waals surface area (Å²) in [6.45, 7) is 4.50. The first kappa shape index (κ1) is 43.8. The number of carbonyl (C=O) groups excluding carboxylic acids is 1. The second-order valence-corrected chi connectivity index (χ2v) is 14.7. The van der Waals surface area contributed by atoms with E-state index in [2.05, 4.69) is 31.3 Å². The molecule has 0 aromatic carbocycles. The van der Waals surface area contributed by atoms with Gasteiger partial charge in [-0.2, -0.15) is 8.42 Å². The number of carbonyl (C=O) groups is 1. The Morgan fingerprint density at radius 1 is 0.578 bits per heavy atom. The van der Waals surface area contributed by atoms with Crippen molar-refractivity contribution >= 4 is 16.0 Å². The molecule has 6 nitrogen and oxygen atoms in total. The predicted octanol–water partition coefficient (Wildman–Crippen LogP) is 10.8. The lowest BCUT2D eigenvalue weighted by atomic mass is 10.0. The SMILES string of the molecule is CCCCCCCCC/C=C\CCCCCCCC(=O)NC(CS(=O)(=O)O)C(O)/C=C/CCCCCCCCCCCCCC. The number of amides is 1. The van der Waals surface area contributed by atoms with Crippen molar-refractivity contribution in [2.24, 2.45) is 0 Å². The van der Waals surface area contributed by atoms with Gasteiger partial charge in [0, 0.05) is 6.42 Å². The highest BCUT2D eigenvalue weighted by atomic mass is 32.2. The fourth-order valence-corrected chi connectivity index (χ4v) is 6.47. The molecule has 0 aromatic heterocycles. The molecule has 0 aromatic rings. The molecule has 0 spiro atoms. The van der Waals surface area contributed by atoms with Gasteiger partial charge >= 0.3 is 0 Å². The summed E-state index contributed by atoms with van der Waals surface area (Å²) in [6.07, 6.45) is 40.1. The molecule has 3 N–H and O–H groups in total. The number of hydrogen-bond donors (Lipinski definition) is 3. The molecule has 0 radical (unpaired) electrons. The van der Waals surface area contributed by atoms with E-state index in [1.165, 1.54) is 116 Å². The molecule has 0 rings (SSSR count). The van der Waals surface area contributed by atoms with Crippen LogP contribution >= 0.6 is 0 Å². The minimum atomic E-state index is -4.34. The van der Waals surface area contributed by atoms with Crippen LogP contribution in [0.3, 0.4) is 0 Å². The highest BCUT2D eigenvalue weighted by molar-refractivity contribution is 7.85. The lowest BCUT2D eigenvalue weighted by molar-refractivity contribution is -0.122. The normalized spacial score (nSPS) is 13.6. The summed E-state index contributed by atoms with van der Waals surface area (Å²) >= 11 is 0. The molecule has 0 heterocycles. The standard InChI is InChI=1S/C38H73NO5S/c1-3-5-7-9-11-13-15-17-19-20-22-24-26-28-30-32-34-38(41)39-36(35-45(42,43)44)37(40)33-31-29-27-25-23-21-18-16-14-12-10-8-6-4-2/h19-20,31,33,36-37,40H,3-18,21-30,32,34-35H2,1-2H3,(H,39,41)(H,42,43,44)/b20-19-,33-31+. The van der Waals surface area contributed by atoms with Crippen LogP contribution < -0.4 is 5.32 Å². The first-order valence-corrected chi connectivity index (χ1v) is 20.6. The molecule has 0 aliphatic heterocycles. The van der Waals surface area contributed by atoms with Crippen LogP contribution in [0.25, 0.3) is 0 Å². The van der Waals surface area contributed by atoms with E-state index in [0.29, 0.717) is 0 Å². The van der Waals surface area contributed by atoms with Crippen LogP contribution in [0.5, 0.6) is 0 Å². The maximum absolute atomic E-state index is 12.5. The Labute approximate surface area is 279 Å². The Bertz CT molecular complexity index is 811. The van der Waals surface area contributed by atoms with Gasteiger partial charge in [0.15, 0.2) is 0 Å². The summed E-state index contributed by atoms with van der Waals surface area (Å²) in [5.41, 5.74) is 0. The quantitative estimate of drug-likeness (QED) is 0.0363. The maximum atomic E-state index is 12.5. The highest BCUT2D eigenvalue weighted by Crippen LogP contribution is 2.14. The zero-order valence-electron chi connectivity index (χ0n) is 29.5. The van der Waals surface area contributed by atoms with Gasteiger partial charge in [-0.05, 0) is 44.9 Å². The number of hydrogen-bond acceptors (Lipinski definition) is 4. The average molecular weight is 656 g/mol. The molecule has 0 aliphatic rings. The van der Waals surface area contributed by atoms with Gasteiger partial charge in [-0.15, -0.1) is 0 Å². The van der Waals surface area contributed by atoms with Crippen LogP contribution in [0.15, 0.2) is 24.3 Å². The smallest absolute Gasteiger partial charge is 0.267 e. The molecule has 266 valence electrons. The van der Waals surface area contributed by atoms with Gasteiger partial charge in [0.25, 0.3) is 10.1 Å². The molecule has 45 heavy (non-hydrogen) atoms. The molecule has 0 fully saturated rings. The molecule has 0 saturated heterocycles. The van der Waals surface area contributed by atoms with Crippen LogP contribution in [0.1, 0.15) is 194 Å². The van der Waals surface area contributed by atoms with E-state index in [4.69, 9.17) is 0 Å². The van der Waals surface area contributed by atoms with Crippen molar-refractivity contribution in [2.45, 2.75) is 206 Å². The Hall–Kier alpha value is -1.18. The van der Waals surface area contributed by atoms with Gasteiger partial charge in [-0.3, -0.25) is 9.35 Å². The van der Waals surface area contributed by atoms with Gasteiger partial charge in [-0.1, -0.05) is 167 Å². The molecular weight excluding hydrogens is 582 g/mol. The van der Waals surface area contributed by atoms with Crippen molar-refractivity contribution in [1.82, 2.24) is 5.32 Å². The maximum Gasteiger partial charge on any atom is 0.267 e. The van der Waals surface area contributed by atoms with Crippen LogP contribution in [-0.2, 0) is 14.9 Å².